The molecule has 0 N–H and O–H groups in total. The van der Waals surface area contributed by atoms with Crippen LogP contribution in [0.25, 0.3) is 0 Å². The average molecular weight is 156 g/mol. The van der Waals surface area contributed by atoms with Gasteiger partial charge in [-0.2, -0.15) is 12.6 Å². The highest BCUT2D eigenvalue weighted by molar-refractivity contribution is 8.09. The van der Waals surface area contributed by atoms with Gasteiger partial charge in [-0.3, -0.25) is 0 Å². The van der Waals surface area contributed by atoms with Crippen molar-refractivity contribution in [2.75, 3.05) is 5.08 Å². The SMILES string of the molecule is SCSc1ccccc1. The number of benzene rings is 1. The third kappa shape index (κ3) is 2.33. The molecule has 1 aromatic rings. The maximum atomic E-state index is 4.09. The fourth-order valence-electron chi connectivity index (χ4n) is 0.591. The summed E-state index contributed by atoms with van der Waals surface area (Å²) in [6.07, 6.45) is 0. The van der Waals surface area contributed by atoms with Crippen LogP contribution in [0.4, 0.5) is 0 Å². The molecule has 0 saturated carbocycles. The monoisotopic (exact) mass is 156 g/mol. The van der Waals surface area contributed by atoms with Gasteiger partial charge in [-0.15, -0.1) is 11.8 Å². The van der Waals surface area contributed by atoms with Crippen LogP contribution >= 0.6 is 24.4 Å². The summed E-state index contributed by atoms with van der Waals surface area (Å²) in [4.78, 5) is 1.28. The van der Waals surface area contributed by atoms with E-state index >= 15 is 0 Å². The van der Waals surface area contributed by atoms with Crippen LogP contribution in [-0.4, -0.2) is 5.08 Å². The Hall–Kier alpha value is -0.0800. The van der Waals surface area contributed by atoms with E-state index < -0.39 is 0 Å². The zero-order chi connectivity index (χ0) is 6.53. The first kappa shape index (κ1) is 7.03. The Bertz CT molecular complexity index is 160. The topological polar surface area (TPSA) is 0 Å². The number of thioether (sulfide) groups is 1. The van der Waals surface area contributed by atoms with E-state index in [1.165, 1.54) is 4.90 Å². The largest absolute Gasteiger partial charge is 0.168 e. The minimum absolute atomic E-state index is 0.851. The van der Waals surface area contributed by atoms with Crippen LogP contribution in [-0.2, 0) is 0 Å². The van der Waals surface area contributed by atoms with Crippen molar-refractivity contribution in [3.63, 3.8) is 0 Å². The van der Waals surface area contributed by atoms with Crippen LogP contribution in [0.2, 0.25) is 0 Å². The van der Waals surface area contributed by atoms with Gasteiger partial charge in [-0.1, -0.05) is 18.2 Å². The summed E-state index contributed by atoms with van der Waals surface area (Å²) in [7, 11) is 0. The highest BCUT2D eigenvalue weighted by Gasteiger charge is 1.85. The lowest BCUT2D eigenvalue weighted by Crippen LogP contribution is -1.66. The molecule has 0 heterocycles. The lowest BCUT2D eigenvalue weighted by Gasteiger charge is -1.93. The molecule has 2 heteroatoms. The molecular formula is C7H8S2. The summed E-state index contributed by atoms with van der Waals surface area (Å²) in [5.41, 5.74) is 0. The van der Waals surface area contributed by atoms with Gasteiger partial charge in [0.15, 0.2) is 0 Å². The molecule has 0 aromatic heterocycles. The molecule has 0 atom stereocenters. The number of thiol groups is 1. The van der Waals surface area contributed by atoms with Crippen molar-refractivity contribution in [1.82, 2.24) is 0 Å². The molecule has 1 rings (SSSR count). The van der Waals surface area contributed by atoms with E-state index in [2.05, 4.69) is 24.8 Å². The van der Waals surface area contributed by atoms with Gasteiger partial charge < -0.3 is 0 Å². The Morgan fingerprint density at radius 2 is 1.89 bits per heavy atom. The smallest absolute Gasteiger partial charge is 0.0409 e. The third-order valence-corrected chi connectivity index (χ3v) is 2.10. The van der Waals surface area contributed by atoms with Gasteiger partial charge >= 0.3 is 0 Å². The van der Waals surface area contributed by atoms with Crippen molar-refractivity contribution in [2.45, 2.75) is 4.90 Å². The van der Waals surface area contributed by atoms with Crippen LogP contribution in [0.1, 0.15) is 0 Å². The Morgan fingerprint density at radius 3 is 2.44 bits per heavy atom. The molecule has 0 fully saturated rings. The lowest BCUT2D eigenvalue weighted by molar-refractivity contribution is 1.47. The van der Waals surface area contributed by atoms with Crippen LogP contribution in [0.5, 0.6) is 0 Å². The Morgan fingerprint density at radius 1 is 1.22 bits per heavy atom. The molecule has 0 aliphatic heterocycles. The molecule has 0 saturated heterocycles. The van der Waals surface area contributed by atoms with E-state index in [0.717, 1.165) is 5.08 Å². The van der Waals surface area contributed by atoms with Gasteiger partial charge in [0, 0.05) is 9.98 Å². The predicted octanol–water partition coefficient (Wildman–Crippen LogP) is 2.67. The second kappa shape index (κ2) is 3.85. The zero-order valence-electron chi connectivity index (χ0n) is 4.95. The Labute approximate surface area is 65.1 Å². The van der Waals surface area contributed by atoms with Crippen molar-refractivity contribution in [2.24, 2.45) is 0 Å². The molecule has 9 heavy (non-hydrogen) atoms. The molecule has 48 valence electrons. The summed E-state index contributed by atoms with van der Waals surface area (Å²) < 4.78 is 0. The van der Waals surface area contributed by atoms with Crippen molar-refractivity contribution < 1.29 is 0 Å². The maximum Gasteiger partial charge on any atom is 0.0409 e. The van der Waals surface area contributed by atoms with E-state index in [1.54, 1.807) is 11.8 Å². The van der Waals surface area contributed by atoms with Crippen molar-refractivity contribution in [3.05, 3.63) is 30.3 Å². The second-order valence-electron chi connectivity index (χ2n) is 1.59. The summed E-state index contributed by atoms with van der Waals surface area (Å²) in [6.45, 7) is 0. The summed E-state index contributed by atoms with van der Waals surface area (Å²) >= 11 is 5.83. The van der Waals surface area contributed by atoms with Gasteiger partial charge in [0.1, 0.15) is 0 Å². The number of rotatable bonds is 2. The minimum atomic E-state index is 0.851. The minimum Gasteiger partial charge on any atom is -0.168 e. The average Bonchev–Trinajstić information content (AvgIpc) is 1.91. The predicted molar refractivity (Wildman–Crippen MR) is 46.2 cm³/mol. The van der Waals surface area contributed by atoms with Crippen LogP contribution in [0.15, 0.2) is 35.2 Å². The zero-order valence-corrected chi connectivity index (χ0v) is 6.66. The summed E-state index contributed by atoms with van der Waals surface area (Å²) in [5, 5.41) is 0.851. The van der Waals surface area contributed by atoms with Gasteiger partial charge in [-0.05, 0) is 12.1 Å². The Kier molecular flexibility index (Phi) is 3.01. The molecular weight excluding hydrogens is 148 g/mol. The number of hydrogen-bond donors (Lipinski definition) is 1. The van der Waals surface area contributed by atoms with Crippen LogP contribution in [0, 0.1) is 0 Å². The number of hydrogen-bond acceptors (Lipinski definition) is 2. The lowest BCUT2D eigenvalue weighted by atomic mass is 10.4. The molecule has 0 radical (unpaired) electrons. The van der Waals surface area contributed by atoms with Crippen molar-refractivity contribution in [3.8, 4) is 0 Å². The maximum absolute atomic E-state index is 4.09. The summed E-state index contributed by atoms with van der Waals surface area (Å²) in [6, 6.07) is 10.3. The van der Waals surface area contributed by atoms with E-state index in [0.29, 0.717) is 0 Å². The highest BCUT2D eigenvalue weighted by atomic mass is 32.2. The molecule has 1 aromatic carbocycles. The van der Waals surface area contributed by atoms with E-state index in [9.17, 15) is 0 Å². The molecule has 0 amide bonds. The van der Waals surface area contributed by atoms with Gasteiger partial charge in [0.05, 0.1) is 0 Å². The molecule has 0 spiro atoms. The standard InChI is InChI=1S/C7H8S2/c8-6-9-7-4-2-1-3-5-7/h1-5,8H,6H2. The van der Waals surface area contributed by atoms with E-state index in [-0.39, 0.29) is 0 Å². The van der Waals surface area contributed by atoms with E-state index in [4.69, 9.17) is 0 Å². The fraction of sp³-hybridized carbons (Fsp3) is 0.143. The van der Waals surface area contributed by atoms with Crippen molar-refractivity contribution >= 4 is 24.4 Å². The first-order valence-electron chi connectivity index (χ1n) is 2.72. The first-order valence-corrected chi connectivity index (χ1v) is 4.34. The highest BCUT2D eigenvalue weighted by Crippen LogP contribution is 2.16. The quantitative estimate of drug-likeness (QED) is 0.390. The molecule has 0 aliphatic rings. The van der Waals surface area contributed by atoms with Crippen LogP contribution in [0.3, 0.4) is 0 Å². The van der Waals surface area contributed by atoms with Gasteiger partial charge in [-0.25, -0.2) is 0 Å². The van der Waals surface area contributed by atoms with Crippen molar-refractivity contribution in [1.29, 1.82) is 0 Å². The first-order chi connectivity index (χ1) is 4.43. The van der Waals surface area contributed by atoms with E-state index in [1.807, 2.05) is 18.2 Å². The molecule has 0 aliphatic carbocycles. The third-order valence-electron chi connectivity index (χ3n) is 0.974. The molecule has 0 bridgehead atoms. The van der Waals surface area contributed by atoms with Gasteiger partial charge in [0.2, 0.25) is 0 Å². The normalized spacial score (nSPS) is 9.44. The fourth-order valence-corrected chi connectivity index (χ4v) is 1.54. The van der Waals surface area contributed by atoms with Gasteiger partial charge in [0.25, 0.3) is 0 Å². The molecule has 0 nitrogen and oxygen atoms in total. The van der Waals surface area contributed by atoms with Crippen LogP contribution < -0.4 is 0 Å². The summed E-state index contributed by atoms with van der Waals surface area (Å²) in [5.74, 6) is 0. The second-order valence-corrected chi connectivity index (χ2v) is 3.38. The molecule has 0 unspecified atom stereocenters. The Balaban J connectivity index is 2.61.